The molecular formula is C35H48O6. The molecule has 0 atom stereocenters. The third-order valence-corrected chi connectivity index (χ3v) is 8.91. The molecule has 224 valence electrons. The van der Waals surface area contributed by atoms with Gasteiger partial charge in [0, 0.05) is 0 Å². The average molecular weight is 565 g/mol. The van der Waals surface area contributed by atoms with Crippen molar-refractivity contribution in [1.29, 1.82) is 0 Å². The normalized spacial score (nSPS) is 23.5. The van der Waals surface area contributed by atoms with Crippen LogP contribution in [0.5, 0.6) is 17.2 Å². The van der Waals surface area contributed by atoms with Crippen molar-refractivity contribution >= 4 is 11.9 Å². The van der Waals surface area contributed by atoms with Crippen LogP contribution in [0.2, 0.25) is 0 Å². The summed E-state index contributed by atoms with van der Waals surface area (Å²) < 4.78 is 17.3. The lowest BCUT2D eigenvalue weighted by molar-refractivity contribution is -0.140. The van der Waals surface area contributed by atoms with Crippen LogP contribution in [-0.2, 0) is 4.79 Å². The van der Waals surface area contributed by atoms with Crippen LogP contribution in [0.25, 0.3) is 0 Å². The van der Waals surface area contributed by atoms with E-state index in [1.807, 2.05) is 13.8 Å². The van der Waals surface area contributed by atoms with Crippen molar-refractivity contribution < 1.29 is 28.9 Å². The molecule has 41 heavy (non-hydrogen) atoms. The summed E-state index contributed by atoms with van der Waals surface area (Å²) in [5.74, 6) is 3.29. The molecule has 2 fully saturated rings. The Balaban J connectivity index is 1.22. The van der Waals surface area contributed by atoms with E-state index in [-0.39, 0.29) is 11.9 Å². The fraction of sp³-hybridized carbons (Fsp3) is 0.600. The Labute approximate surface area is 245 Å². The summed E-state index contributed by atoms with van der Waals surface area (Å²) in [4.78, 5) is 25.5. The van der Waals surface area contributed by atoms with Gasteiger partial charge in [-0.2, -0.15) is 0 Å². The Morgan fingerprint density at radius 1 is 0.707 bits per heavy atom. The Hall–Kier alpha value is -2.86. The van der Waals surface area contributed by atoms with E-state index in [1.54, 1.807) is 62.4 Å². The van der Waals surface area contributed by atoms with E-state index in [4.69, 9.17) is 14.2 Å². The Morgan fingerprint density at radius 2 is 1.20 bits per heavy atom. The monoisotopic (exact) mass is 564 g/mol. The van der Waals surface area contributed by atoms with Crippen molar-refractivity contribution in [3.05, 3.63) is 54.1 Å². The first-order valence-corrected chi connectivity index (χ1v) is 15.4. The smallest absolute Gasteiger partial charge is 0.343 e. The van der Waals surface area contributed by atoms with Crippen molar-refractivity contribution in [3.63, 3.8) is 0 Å². The summed E-state index contributed by atoms with van der Waals surface area (Å²) in [6.07, 6.45) is 10.8. The highest BCUT2D eigenvalue weighted by atomic mass is 16.5. The van der Waals surface area contributed by atoms with Gasteiger partial charge in [0.1, 0.15) is 22.8 Å². The third kappa shape index (κ3) is 9.59. The van der Waals surface area contributed by atoms with Gasteiger partial charge in [-0.15, -0.1) is 0 Å². The maximum absolute atomic E-state index is 12.8. The van der Waals surface area contributed by atoms with E-state index in [1.165, 1.54) is 25.7 Å². The Bertz CT molecular complexity index is 1130. The number of hydrogen-bond donors (Lipinski definition) is 1. The fourth-order valence-electron chi connectivity index (χ4n) is 6.16. The largest absolute Gasteiger partial charge is 0.488 e. The second-order valence-corrected chi connectivity index (χ2v) is 13.6. The van der Waals surface area contributed by atoms with Gasteiger partial charge in [-0.3, -0.25) is 4.79 Å². The van der Waals surface area contributed by atoms with Gasteiger partial charge < -0.3 is 19.3 Å². The molecular weight excluding hydrogens is 516 g/mol. The fourth-order valence-corrected chi connectivity index (χ4v) is 6.16. The molecule has 2 saturated carbocycles. The van der Waals surface area contributed by atoms with Crippen LogP contribution < -0.4 is 14.2 Å². The number of esters is 2. The van der Waals surface area contributed by atoms with Gasteiger partial charge in [-0.1, -0.05) is 19.8 Å². The third-order valence-electron chi connectivity index (χ3n) is 8.91. The van der Waals surface area contributed by atoms with Crippen LogP contribution in [-0.4, -0.2) is 28.2 Å². The highest BCUT2D eigenvalue weighted by molar-refractivity contribution is 5.91. The standard InChI is InChI=1S/C35H48O6/c1-24-6-8-25(9-7-24)26-10-12-27(13-11-26)32(36)39-29-18-20-30(21-19-29)40-33(37)28-14-16-31(17-15-28)41-35(4,5)23-22-34(2,3)38/h14-21,24-27,38H,6-13,22-23H2,1-5H3. The summed E-state index contributed by atoms with van der Waals surface area (Å²) in [7, 11) is 0. The molecule has 0 aromatic heterocycles. The van der Waals surface area contributed by atoms with Crippen LogP contribution in [0.15, 0.2) is 48.5 Å². The number of aliphatic hydroxyl groups is 1. The molecule has 6 nitrogen and oxygen atoms in total. The number of carbonyl (C=O) groups is 2. The molecule has 2 aromatic rings. The van der Waals surface area contributed by atoms with Crippen LogP contribution >= 0.6 is 0 Å². The topological polar surface area (TPSA) is 82.1 Å². The summed E-state index contributed by atoms with van der Waals surface area (Å²) in [5, 5.41) is 10.00. The number of rotatable bonds is 10. The summed E-state index contributed by atoms with van der Waals surface area (Å²) in [5.41, 5.74) is -0.804. The molecule has 0 aliphatic heterocycles. The SMILES string of the molecule is CC1CCC(C2CCC(C(=O)Oc3ccc(OC(=O)c4ccc(OC(C)(C)CCC(C)(C)O)cc4)cc3)CC2)CC1. The van der Waals surface area contributed by atoms with E-state index in [9.17, 15) is 14.7 Å². The molecule has 0 bridgehead atoms. The number of carbonyl (C=O) groups excluding carboxylic acids is 2. The van der Waals surface area contributed by atoms with E-state index >= 15 is 0 Å². The molecule has 2 aromatic carbocycles. The Kier molecular flexibility index (Phi) is 10.2. The zero-order chi connectivity index (χ0) is 29.6. The molecule has 1 N–H and O–H groups in total. The van der Waals surface area contributed by atoms with Gasteiger partial charge in [0.05, 0.1) is 17.1 Å². The highest BCUT2D eigenvalue weighted by Crippen LogP contribution is 2.41. The second kappa shape index (κ2) is 13.4. The van der Waals surface area contributed by atoms with Gasteiger partial charge in [0.15, 0.2) is 0 Å². The molecule has 0 heterocycles. The maximum Gasteiger partial charge on any atom is 0.343 e. The molecule has 2 aliphatic carbocycles. The van der Waals surface area contributed by atoms with Crippen molar-refractivity contribution in [1.82, 2.24) is 0 Å². The number of ether oxygens (including phenoxy) is 3. The van der Waals surface area contributed by atoms with Gasteiger partial charge in [0.25, 0.3) is 0 Å². The Morgan fingerprint density at radius 3 is 1.73 bits per heavy atom. The molecule has 0 saturated heterocycles. The molecule has 0 amide bonds. The van der Waals surface area contributed by atoms with Crippen LogP contribution in [0.4, 0.5) is 0 Å². The zero-order valence-electron chi connectivity index (χ0n) is 25.5. The molecule has 2 aliphatic rings. The van der Waals surface area contributed by atoms with Crippen molar-refractivity contribution in [2.24, 2.45) is 23.7 Å². The minimum atomic E-state index is -0.749. The molecule has 0 spiro atoms. The lowest BCUT2D eigenvalue weighted by Crippen LogP contribution is -2.32. The van der Waals surface area contributed by atoms with Crippen molar-refractivity contribution in [3.8, 4) is 17.2 Å². The summed E-state index contributed by atoms with van der Waals surface area (Å²) >= 11 is 0. The first-order valence-electron chi connectivity index (χ1n) is 15.4. The quantitative estimate of drug-likeness (QED) is 0.232. The van der Waals surface area contributed by atoms with Crippen LogP contribution in [0.1, 0.15) is 109 Å². The second-order valence-electron chi connectivity index (χ2n) is 13.6. The summed E-state index contributed by atoms with van der Waals surface area (Å²) in [6, 6.07) is 13.5. The molecule has 0 unspecified atom stereocenters. The predicted molar refractivity (Wildman–Crippen MR) is 160 cm³/mol. The average Bonchev–Trinajstić information content (AvgIpc) is 2.93. The van der Waals surface area contributed by atoms with Gasteiger partial charge >= 0.3 is 11.9 Å². The number of benzene rings is 2. The van der Waals surface area contributed by atoms with E-state index in [0.29, 0.717) is 35.7 Å². The first-order chi connectivity index (χ1) is 19.4. The molecule has 0 radical (unpaired) electrons. The maximum atomic E-state index is 12.8. The van der Waals surface area contributed by atoms with Gasteiger partial charge in [-0.05, 0) is 145 Å². The zero-order valence-corrected chi connectivity index (χ0v) is 25.5. The minimum absolute atomic E-state index is 0.0367. The van der Waals surface area contributed by atoms with Crippen LogP contribution in [0.3, 0.4) is 0 Å². The van der Waals surface area contributed by atoms with Gasteiger partial charge in [0.2, 0.25) is 0 Å². The van der Waals surface area contributed by atoms with E-state index < -0.39 is 17.2 Å². The lowest BCUT2D eigenvalue weighted by Gasteiger charge is -2.36. The molecule has 6 heteroatoms. The van der Waals surface area contributed by atoms with Crippen molar-refractivity contribution in [2.75, 3.05) is 0 Å². The lowest BCUT2D eigenvalue weighted by atomic mass is 9.69. The minimum Gasteiger partial charge on any atom is -0.488 e. The van der Waals surface area contributed by atoms with Crippen molar-refractivity contribution in [2.45, 2.75) is 110 Å². The van der Waals surface area contributed by atoms with E-state index in [2.05, 4.69) is 6.92 Å². The molecule has 4 rings (SSSR count). The highest BCUT2D eigenvalue weighted by Gasteiger charge is 2.33. The first kappa shape index (κ1) is 31.1. The van der Waals surface area contributed by atoms with Gasteiger partial charge in [-0.25, -0.2) is 4.79 Å². The van der Waals surface area contributed by atoms with Crippen LogP contribution in [0, 0.1) is 23.7 Å². The number of hydrogen-bond acceptors (Lipinski definition) is 6. The van der Waals surface area contributed by atoms with E-state index in [0.717, 1.165) is 43.4 Å². The predicted octanol–water partition coefficient (Wildman–Crippen LogP) is 8.15. The summed E-state index contributed by atoms with van der Waals surface area (Å²) in [6.45, 7) is 9.88.